The van der Waals surface area contributed by atoms with E-state index >= 15 is 0 Å². The van der Waals surface area contributed by atoms with Crippen molar-refractivity contribution in [3.05, 3.63) is 58.9 Å². The van der Waals surface area contributed by atoms with Gasteiger partial charge >= 0.3 is 0 Å². The van der Waals surface area contributed by atoms with Crippen LogP contribution in [-0.4, -0.2) is 25.1 Å². The lowest BCUT2D eigenvalue weighted by Gasteiger charge is -2.06. The van der Waals surface area contributed by atoms with Crippen LogP contribution in [0.15, 0.2) is 42.5 Å². The molecule has 0 aliphatic heterocycles. The van der Waals surface area contributed by atoms with Crippen molar-refractivity contribution >= 4 is 22.9 Å². The molecule has 0 aliphatic carbocycles. The topological polar surface area (TPSA) is 60.5 Å². The van der Waals surface area contributed by atoms with Gasteiger partial charge in [0.15, 0.2) is 0 Å². The summed E-state index contributed by atoms with van der Waals surface area (Å²) in [5.41, 5.74) is 1.42. The molecule has 0 radical (unpaired) electrons. The summed E-state index contributed by atoms with van der Waals surface area (Å²) in [6.45, 7) is 1.72. The van der Waals surface area contributed by atoms with Crippen LogP contribution in [0, 0.1) is 12.7 Å². The van der Waals surface area contributed by atoms with E-state index in [2.05, 4.69) is 10.3 Å². The summed E-state index contributed by atoms with van der Waals surface area (Å²) >= 11 is 1.12. The van der Waals surface area contributed by atoms with Crippen LogP contribution in [0.3, 0.4) is 0 Å². The van der Waals surface area contributed by atoms with Crippen molar-refractivity contribution in [3.63, 3.8) is 0 Å². The average Bonchev–Trinajstić information content (AvgIpc) is 3.03. The van der Waals surface area contributed by atoms with Crippen LogP contribution in [0.1, 0.15) is 15.4 Å². The molecule has 2 aromatic carbocycles. The zero-order valence-electron chi connectivity index (χ0n) is 14.5. The first kappa shape index (κ1) is 17.9. The second kappa shape index (κ2) is 7.53. The Balaban J connectivity index is 1.89. The number of aromatic nitrogens is 1. The molecule has 3 rings (SSSR count). The number of halogens is 1. The SMILES string of the molecule is COc1ccc(NC(=O)c2sc(-c3c(F)cccc3OC)nc2C)cc1. The van der Waals surface area contributed by atoms with Gasteiger partial charge in [-0.05, 0) is 43.3 Å². The van der Waals surface area contributed by atoms with Gasteiger partial charge in [0.05, 0.1) is 25.5 Å². The first-order valence-corrected chi connectivity index (χ1v) is 8.61. The molecule has 3 aromatic rings. The third-order valence-electron chi connectivity index (χ3n) is 3.76. The normalized spacial score (nSPS) is 10.5. The van der Waals surface area contributed by atoms with Crippen LogP contribution in [0.4, 0.5) is 10.1 Å². The number of nitrogens with zero attached hydrogens (tertiary/aromatic N) is 1. The zero-order valence-corrected chi connectivity index (χ0v) is 15.3. The van der Waals surface area contributed by atoms with Gasteiger partial charge in [-0.25, -0.2) is 9.37 Å². The Bertz CT molecular complexity index is 938. The number of thiazole rings is 1. The van der Waals surface area contributed by atoms with E-state index in [0.717, 1.165) is 11.3 Å². The number of carbonyl (C=O) groups excluding carboxylic acids is 1. The summed E-state index contributed by atoms with van der Waals surface area (Å²) in [6, 6.07) is 11.6. The molecule has 0 saturated heterocycles. The Morgan fingerprint density at radius 1 is 1.12 bits per heavy atom. The van der Waals surface area contributed by atoms with E-state index in [4.69, 9.17) is 9.47 Å². The lowest BCUT2D eigenvalue weighted by Crippen LogP contribution is -2.11. The smallest absolute Gasteiger partial charge is 0.267 e. The van der Waals surface area contributed by atoms with Gasteiger partial charge in [0, 0.05) is 5.69 Å². The minimum atomic E-state index is -0.444. The number of aryl methyl sites for hydroxylation is 1. The summed E-state index contributed by atoms with van der Waals surface area (Å²) in [5, 5.41) is 3.21. The first-order valence-electron chi connectivity index (χ1n) is 7.79. The molecule has 0 fully saturated rings. The summed E-state index contributed by atoms with van der Waals surface area (Å²) in [4.78, 5) is 17.4. The van der Waals surface area contributed by atoms with Gasteiger partial charge in [-0.3, -0.25) is 4.79 Å². The Morgan fingerprint density at radius 2 is 1.85 bits per heavy atom. The van der Waals surface area contributed by atoms with E-state index in [9.17, 15) is 9.18 Å². The molecule has 0 aliphatic rings. The highest BCUT2D eigenvalue weighted by Gasteiger charge is 2.21. The van der Waals surface area contributed by atoms with Crippen molar-refractivity contribution in [1.29, 1.82) is 0 Å². The van der Waals surface area contributed by atoms with Gasteiger partial charge in [0.1, 0.15) is 27.2 Å². The fourth-order valence-electron chi connectivity index (χ4n) is 2.46. The first-order chi connectivity index (χ1) is 12.5. The van der Waals surface area contributed by atoms with Gasteiger partial charge < -0.3 is 14.8 Å². The highest BCUT2D eigenvalue weighted by atomic mass is 32.1. The van der Waals surface area contributed by atoms with E-state index in [0.29, 0.717) is 32.8 Å². The number of methoxy groups -OCH3 is 2. The highest BCUT2D eigenvalue weighted by molar-refractivity contribution is 7.17. The van der Waals surface area contributed by atoms with E-state index < -0.39 is 5.82 Å². The maximum absolute atomic E-state index is 14.3. The number of carbonyl (C=O) groups is 1. The number of hydrogen-bond donors (Lipinski definition) is 1. The number of amides is 1. The predicted molar refractivity (Wildman–Crippen MR) is 99.7 cm³/mol. The van der Waals surface area contributed by atoms with Crippen molar-refractivity contribution < 1.29 is 18.7 Å². The number of benzene rings is 2. The van der Waals surface area contributed by atoms with E-state index in [1.807, 2.05) is 0 Å². The molecule has 26 heavy (non-hydrogen) atoms. The summed E-state index contributed by atoms with van der Waals surface area (Å²) in [6.07, 6.45) is 0. The van der Waals surface area contributed by atoms with E-state index in [1.165, 1.54) is 13.2 Å². The van der Waals surface area contributed by atoms with Crippen LogP contribution in [0.5, 0.6) is 11.5 Å². The average molecular weight is 372 g/mol. The van der Waals surface area contributed by atoms with Crippen LogP contribution in [-0.2, 0) is 0 Å². The Hall–Kier alpha value is -2.93. The molecule has 1 heterocycles. The zero-order chi connectivity index (χ0) is 18.7. The molecule has 0 atom stereocenters. The molecule has 0 unspecified atom stereocenters. The molecule has 5 nitrogen and oxygen atoms in total. The van der Waals surface area contributed by atoms with Crippen molar-refractivity contribution in [2.75, 3.05) is 19.5 Å². The maximum Gasteiger partial charge on any atom is 0.267 e. The Labute approximate surface area is 154 Å². The standard InChI is InChI=1S/C19H17FN2O3S/c1-11-17(18(23)22-12-7-9-13(24-2)10-8-12)26-19(21-11)16-14(20)5-4-6-15(16)25-3/h4-10H,1-3H3,(H,22,23). The lowest BCUT2D eigenvalue weighted by molar-refractivity contribution is 0.103. The van der Waals surface area contributed by atoms with Gasteiger partial charge in [-0.15, -0.1) is 11.3 Å². The quantitative estimate of drug-likeness (QED) is 0.715. The molecule has 0 bridgehead atoms. The van der Waals surface area contributed by atoms with Crippen molar-refractivity contribution in [2.24, 2.45) is 0 Å². The second-order valence-electron chi connectivity index (χ2n) is 5.43. The van der Waals surface area contributed by atoms with E-state index in [1.54, 1.807) is 50.4 Å². The fourth-order valence-corrected chi connectivity index (χ4v) is 3.47. The molecule has 1 N–H and O–H groups in total. The molecule has 7 heteroatoms. The third kappa shape index (κ3) is 3.52. The largest absolute Gasteiger partial charge is 0.497 e. The molecule has 0 spiro atoms. The van der Waals surface area contributed by atoms with Crippen molar-refractivity contribution in [1.82, 2.24) is 4.98 Å². The fraction of sp³-hybridized carbons (Fsp3) is 0.158. The van der Waals surface area contributed by atoms with Gasteiger partial charge in [0.25, 0.3) is 5.91 Å². The highest BCUT2D eigenvalue weighted by Crippen LogP contribution is 2.36. The van der Waals surface area contributed by atoms with Crippen LogP contribution < -0.4 is 14.8 Å². The van der Waals surface area contributed by atoms with Crippen molar-refractivity contribution in [2.45, 2.75) is 6.92 Å². The summed E-state index contributed by atoms with van der Waals surface area (Å²) in [5.74, 6) is 0.332. The maximum atomic E-state index is 14.3. The number of ether oxygens (including phenoxy) is 2. The van der Waals surface area contributed by atoms with Crippen LogP contribution in [0.25, 0.3) is 10.6 Å². The lowest BCUT2D eigenvalue weighted by atomic mass is 10.2. The number of hydrogen-bond acceptors (Lipinski definition) is 5. The van der Waals surface area contributed by atoms with Gasteiger partial charge in [-0.1, -0.05) is 6.07 Å². The minimum Gasteiger partial charge on any atom is -0.497 e. The van der Waals surface area contributed by atoms with E-state index in [-0.39, 0.29) is 11.5 Å². The number of rotatable bonds is 5. The molecular formula is C19H17FN2O3S. The second-order valence-corrected chi connectivity index (χ2v) is 6.43. The van der Waals surface area contributed by atoms with Crippen molar-refractivity contribution in [3.8, 4) is 22.1 Å². The van der Waals surface area contributed by atoms with Crippen LogP contribution >= 0.6 is 11.3 Å². The molecule has 0 saturated carbocycles. The minimum absolute atomic E-state index is 0.256. The summed E-state index contributed by atoms with van der Waals surface area (Å²) in [7, 11) is 3.04. The third-order valence-corrected chi connectivity index (χ3v) is 4.93. The molecule has 1 amide bonds. The van der Waals surface area contributed by atoms with Gasteiger partial charge in [0.2, 0.25) is 0 Å². The number of anilines is 1. The monoisotopic (exact) mass is 372 g/mol. The number of nitrogens with one attached hydrogen (secondary N) is 1. The van der Waals surface area contributed by atoms with Crippen LogP contribution in [0.2, 0.25) is 0 Å². The van der Waals surface area contributed by atoms with Gasteiger partial charge in [-0.2, -0.15) is 0 Å². The predicted octanol–water partition coefficient (Wildman–Crippen LogP) is 4.53. The molecule has 134 valence electrons. The molecular weight excluding hydrogens is 355 g/mol. The molecule has 1 aromatic heterocycles. The Kier molecular flexibility index (Phi) is 5.18. The Morgan fingerprint density at radius 3 is 2.50 bits per heavy atom. The summed E-state index contributed by atoms with van der Waals surface area (Å²) < 4.78 is 24.6.